The van der Waals surface area contributed by atoms with Gasteiger partial charge >= 0.3 is 0 Å². The molecule has 1 aromatic carbocycles. The Morgan fingerprint density at radius 2 is 1.94 bits per heavy atom. The SMILES string of the molecule is NC(=O)c1ccccc1-c1ncccc1F. The molecule has 0 aliphatic carbocycles. The molecule has 0 fully saturated rings. The minimum absolute atomic E-state index is 0.136. The van der Waals surface area contributed by atoms with E-state index in [1.165, 1.54) is 18.3 Å². The number of nitrogens with two attached hydrogens (primary N) is 1. The largest absolute Gasteiger partial charge is 0.366 e. The smallest absolute Gasteiger partial charge is 0.249 e. The predicted molar refractivity (Wildman–Crippen MR) is 58.1 cm³/mol. The quantitative estimate of drug-likeness (QED) is 0.834. The molecule has 1 aromatic heterocycles. The Bertz CT molecular complexity index is 540. The second-order valence-corrected chi connectivity index (χ2v) is 3.24. The van der Waals surface area contributed by atoms with Crippen molar-refractivity contribution in [3.8, 4) is 11.3 Å². The summed E-state index contributed by atoms with van der Waals surface area (Å²) in [5.74, 6) is -1.07. The molecule has 0 bridgehead atoms. The number of halogens is 1. The number of pyridine rings is 1. The van der Waals surface area contributed by atoms with E-state index in [0.717, 1.165) is 0 Å². The Labute approximate surface area is 91.7 Å². The van der Waals surface area contributed by atoms with Crippen LogP contribution in [0.1, 0.15) is 10.4 Å². The lowest BCUT2D eigenvalue weighted by Crippen LogP contribution is -2.12. The summed E-state index contributed by atoms with van der Waals surface area (Å²) in [5, 5.41) is 0. The van der Waals surface area contributed by atoms with Gasteiger partial charge in [-0.1, -0.05) is 18.2 Å². The molecule has 0 spiro atoms. The molecule has 0 saturated carbocycles. The van der Waals surface area contributed by atoms with Gasteiger partial charge in [0.25, 0.3) is 0 Å². The second-order valence-electron chi connectivity index (χ2n) is 3.24. The van der Waals surface area contributed by atoms with Crippen LogP contribution >= 0.6 is 0 Å². The summed E-state index contributed by atoms with van der Waals surface area (Å²) in [6, 6.07) is 9.32. The molecule has 2 rings (SSSR count). The first kappa shape index (κ1) is 10.3. The van der Waals surface area contributed by atoms with Gasteiger partial charge in [0.15, 0.2) is 0 Å². The van der Waals surface area contributed by atoms with Gasteiger partial charge in [0.1, 0.15) is 11.5 Å². The van der Waals surface area contributed by atoms with Crippen molar-refractivity contribution in [2.75, 3.05) is 0 Å². The lowest BCUT2D eigenvalue weighted by Gasteiger charge is -2.06. The van der Waals surface area contributed by atoms with Gasteiger partial charge in [0.05, 0.1) is 0 Å². The summed E-state index contributed by atoms with van der Waals surface area (Å²) >= 11 is 0. The number of amides is 1. The molecule has 1 heterocycles. The molecular formula is C12H9FN2O. The third kappa shape index (κ3) is 1.77. The van der Waals surface area contributed by atoms with Crippen LogP contribution in [0.5, 0.6) is 0 Å². The molecule has 0 unspecified atom stereocenters. The minimum atomic E-state index is -0.597. The van der Waals surface area contributed by atoms with E-state index in [9.17, 15) is 9.18 Å². The number of aromatic nitrogens is 1. The van der Waals surface area contributed by atoms with Crippen LogP contribution in [0.3, 0.4) is 0 Å². The van der Waals surface area contributed by atoms with Crippen LogP contribution in [-0.4, -0.2) is 10.9 Å². The number of benzene rings is 1. The van der Waals surface area contributed by atoms with Crippen molar-refractivity contribution in [2.24, 2.45) is 5.73 Å². The van der Waals surface area contributed by atoms with Crippen molar-refractivity contribution in [2.45, 2.75) is 0 Å². The number of rotatable bonds is 2. The average Bonchev–Trinajstić information content (AvgIpc) is 2.29. The maximum Gasteiger partial charge on any atom is 0.249 e. The highest BCUT2D eigenvalue weighted by molar-refractivity contribution is 5.99. The molecule has 80 valence electrons. The van der Waals surface area contributed by atoms with Gasteiger partial charge in [0.2, 0.25) is 5.91 Å². The molecule has 0 saturated heterocycles. The fourth-order valence-corrected chi connectivity index (χ4v) is 1.49. The Morgan fingerprint density at radius 3 is 2.62 bits per heavy atom. The molecule has 0 aliphatic heterocycles. The topological polar surface area (TPSA) is 56.0 Å². The van der Waals surface area contributed by atoms with Crippen molar-refractivity contribution in [3.63, 3.8) is 0 Å². The van der Waals surface area contributed by atoms with Crippen molar-refractivity contribution in [3.05, 3.63) is 54.0 Å². The van der Waals surface area contributed by atoms with Crippen LogP contribution in [0.25, 0.3) is 11.3 Å². The third-order valence-electron chi connectivity index (χ3n) is 2.21. The van der Waals surface area contributed by atoms with Gasteiger partial charge < -0.3 is 5.73 Å². The third-order valence-corrected chi connectivity index (χ3v) is 2.21. The zero-order chi connectivity index (χ0) is 11.5. The number of hydrogen-bond acceptors (Lipinski definition) is 2. The summed E-state index contributed by atoms with van der Waals surface area (Å²) in [7, 11) is 0. The molecular weight excluding hydrogens is 207 g/mol. The molecule has 2 aromatic rings. The minimum Gasteiger partial charge on any atom is -0.366 e. The second kappa shape index (κ2) is 4.10. The summed E-state index contributed by atoms with van der Waals surface area (Å²) in [5.41, 5.74) is 6.02. The molecule has 4 heteroatoms. The first-order chi connectivity index (χ1) is 7.70. The van der Waals surface area contributed by atoms with Gasteiger partial charge in [0, 0.05) is 17.3 Å². The fraction of sp³-hybridized carbons (Fsp3) is 0. The molecule has 0 radical (unpaired) electrons. The molecule has 3 nitrogen and oxygen atoms in total. The van der Waals surface area contributed by atoms with Gasteiger partial charge in [-0.05, 0) is 18.2 Å². The monoisotopic (exact) mass is 216 g/mol. The van der Waals surface area contributed by atoms with Crippen molar-refractivity contribution in [1.82, 2.24) is 4.98 Å². The Balaban J connectivity index is 2.65. The summed E-state index contributed by atoms with van der Waals surface area (Å²) in [6.07, 6.45) is 1.47. The van der Waals surface area contributed by atoms with Gasteiger partial charge in [-0.25, -0.2) is 4.39 Å². The first-order valence-electron chi connectivity index (χ1n) is 4.70. The van der Waals surface area contributed by atoms with E-state index in [0.29, 0.717) is 5.56 Å². The van der Waals surface area contributed by atoms with E-state index in [2.05, 4.69) is 4.98 Å². The average molecular weight is 216 g/mol. The van der Waals surface area contributed by atoms with Gasteiger partial charge in [-0.2, -0.15) is 0 Å². The Kier molecular flexibility index (Phi) is 2.64. The maximum atomic E-state index is 13.5. The van der Waals surface area contributed by atoms with Crippen LogP contribution in [0, 0.1) is 5.82 Å². The highest BCUT2D eigenvalue weighted by atomic mass is 19.1. The maximum absolute atomic E-state index is 13.5. The molecule has 0 aliphatic rings. The van der Waals surface area contributed by atoms with Crippen LogP contribution in [0.4, 0.5) is 4.39 Å². The van der Waals surface area contributed by atoms with E-state index in [-0.39, 0.29) is 11.3 Å². The lowest BCUT2D eigenvalue weighted by atomic mass is 10.0. The number of carbonyl (C=O) groups is 1. The van der Waals surface area contributed by atoms with E-state index in [4.69, 9.17) is 5.73 Å². The van der Waals surface area contributed by atoms with Crippen molar-refractivity contribution >= 4 is 5.91 Å². The zero-order valence-corrected chi connectivity index (χ0v) is 8.35. The number of nitrogens with zero attached hydrogens (tertiary/aromatic N) is 1. The normalized spacial score (nSPS) is 10.1. The summed E-state index contributed by atoms with van der Waals surface area (Å²) < 4.78 is 13.5. The number of carbonyl (C=O) groups excluding carboxylic acids is 1. The van der Waals surface area contributed by atoms with Crippen molar-refractivity contribution in [1.29, 1.82) is 0 Å². The molecule has 0 atom stereocenters. The van der Waals surface area contributed by atoms with Crippen LogP contribution in [0.2, 0.25) is 0 Å². The van der Waals surface area contributed by atoms with E-state index in [1.807, 2.05) is 0 Å². The summed E-state index contributed by atoms with van der Waals surface area (Å²) in [6.45, 7) is 0. The van der Waals surface area contributed by atoms with Crippen LogP contribution in [0.15, 0.2) is 42.6 Å². The number of hydrogen-bond donors (Lipinski definition) is 1. The predicted octanol–water partition coefficient (Wildman–Crippen LogP) is 1.99. The number of primary amides is 1. The molecule has 16 heavy (non-hydrogen) atoms. The summed E-state index contributed by atoms with van der Waals surface area (Å²) in [4.78, 5) is 15.1. The highest BCUT2D eigenvalue weighted by Crippen LogP contribution is 2.23. The molecule has 2 N–H and O–H groups in total. The lowest BCUT2D eigenvalue weighted by molar-refractivity contribution is 0.100. The standard InChI is InChI=1S/C12H9FN2O/c13-10-6-3-7-15-11(10)8-4-1-2-5-9(8)12(14)16/h1-7H,(H2,14,16). The molecule has 1 amide bonds. The first-order valence-corrected chi connectivity index (χ1v) is 4.70. The zero-order valence-electron chi connectivity index (χ0n) is 8.35. The highest BCUT2D eigenvalue weighted by Gasteiger charge is 2.13. The van der Waals surface area contributed by atoms with E-state index < -0.39 is 11.7 Å². The van der Waals surface area contributed by atoms with E-state index in [1.54, 1.807) is 24.3 Å². The fourth-order valence-electron chi connectivity index (χ4n) is 1.49. The Hall–Kier alpha value is -2.23. The van der Waals surface area contributed by atoms with Gasteiger partial charge in [-0.3, -0.25) is 9.78 Å². The Morgan fingerprint density at radius 1 is 1.19 bits per heavy atom. The van der Waals surface area contributed by atoms with Crippen LogP contribution in [-0.2, 0) is 0 Å². The van der Waals surface area contributed by atoms with Crippen LogP contribution < -0.4 is 5.73 Å². The van der Waals surface area contributed by atoms with Gasteiger partial charge in [-0.15, -0.1) is 0 Å². The van der Waals surface area contributed by atoms with Crippen molar-refractivity contribution < 1.29 is 9.18 Å². The van der Waals surface area contributed by atoms with E-state index >= 15 is 0 Å².